The van der Waals surface area contributed by atoms with Crippen LogP contribution in [-0.4, -0.2) is 0 Å². The maximum absolute atomic E-state index is 0. The molecule has 0 heterocycles. The molecule has 0 aliphatic carbocycles. The maximum Gasteiger partial charge on any atom is 0 e. The molecular formula is AuCoMnPt. The van der Waals surface area contributed by atoms with E-state index in [0.29, 0.717) is 0 Å². The van der Waals surface area contributed by atoms with Crippen molar-refractivity contribution >= 4 is 0 Å². The molecular weight excluding hydrogens is 506 g/mol. The van der Waals surface area contributed by atoms with Crippen LogP contribution in [0.25, 0.3) is 0 Å². The van der Waals surface area contributed by atoms with Gasteiger partial charge >= 0.3 is 0 Å². The van der Waals surface area contributed by atoms with Gasteiger partial charge < -0.3 is 0 Å². The Labute approximate surface area is 76.3 Å². The second kappa shape index (κ2) is 18.0. The Kier molecular flexibility index (Phi) is 143. The largest absolute Gasteiger partial charge is 0 e. The fourth-order valence-electron chi connectivity index (χ4n) is 0. The minimum Gasteiger partial charge on any atom is 0 e. The van der Waals surface area contributed by atoms with Gasteiger partial charge in [-0.3, -0.25) is 0 Å². The molecule has 0 rings (SSSR count). The third-order valence-corrected chi connectivity index (χ3v) is 0. The van der Waals surface area contributed by atoms with Crippen LogP contribution in [0.4, 0.5) is 0 Å². The van der Waals surface area contributed by atoms with Crippen molar-refractivity contribution in [1.29, 1.82) is 0 Å². The molecule has 0 unspecified atom stereocenters. The molecule has 0 nitrogen and oxygen atoms in total. The smallest absolute Gasteiger partial charge is 0 e. The predicted molar refractivity (Wildman–Crippen MR) is 0 cm³/mol. The van der Waals surface area contributed by atoms with Gasteiger partial charge in [0.2, 0.25) is 0 Å². The molecule has 4 heteroatoms. The molecule has 37 valence electrons. The second-order valence-electron chi connectivity index (χ2n) is 0. The van der Waals surface area contributed by atoms with E-state index in [2.05, 4.69) is 0 Å². The molecule has 0 amide bonds. The van der Waals surface area contributed by atoms with Crippen LogP contribution in [-0.2, 0) is 77.3 Å². The zero-order valence-corrected chi connectivity index (χ0v) is 7.99. The Morgan fingerprint density at radius 2 is 1.00 bits per heavy atom. The molecule has 0 atom stereocenters. The normalized spacial score (nSPS) is 0. The number of rotatable bonds is 0. The van der Waals surface area contributed by atoms with E-state index < -0.39 is 0 Å². The standard InChI is InChI=1S/Au.Co.Mn.Pt. The molecule has 0 aromatic rings. The Bertz CT molecular complexity index is 8.00. The first-order chi connectivity index (χ1) is 0. The van der Waals surface area contributed by atoms with Crippen molar-refractivity contribution in [3.8, 4) is 0 Å². The second-order valence-corrected chi connectivity index (χ2v) is 0. The summed E-state index contributed by atoms with van der Waals surface area (Å²) >= 11 is 0. The fourth-order valence-corrected chi connectivity index (χ4v) is 0. The van der Waals surface area contributed by atoms with Gasteiger partial charge in [0.05, 0.1) is 0 Å². The van der Waals surface area contributed by atoms with Crippen molar-refractivity contribution < 1.29 is 77.3 Å². The maximum atomic E-state index is 0. The van der Waals surface area contributed by atoms with Gasteiger partial charge in [-0.05, 0) is 0 Å². The van der Waals surface area contributed by atoms with Gasteiger partial charge in [0.25, 0.3) is 0 Å². The van der Waals surface area contributed by atoms with Crippen molar-refractivity contribution in [2.24, 2.45) is 0 Å². The summed E-state index contributed by atoms with van der Waals surface area (Å²) < 4.78 is 0. The first kappa shape index (κ1) is 31.9. The summed E-state index contributed by atoms with van der Waals surface area (Å²) in [6.07, 6.45) is 0. The van der Waals surface area contributed by atoms with Crippen LogP contribution in [0.15, 0.2) is 0 Å². The SMILES string of the molecule is [Au].[Co].[Mn].[Pt]. The van der Waals surface area contributed by atoms with Crippen LogP contribution in [0.1, 0.15) is 0 Å². The quantitative estimate of drug-likeness (QED) is 0.406. The monoisotopic (exact) mass is 506 g/mol. The van der Waals surface area contributed by atoms with E-state index in [1.807, 2.05) is 0 Å². The van der Waals surface area contributed by atoms with Crippen molar-refractivity contribution in [2.75, 3.05) is 0 Å². The third kappa shape index (κ3) is 8.82. The topological polar surface area (TPSA) is 0 Å². The van der Waals surface area contributed by atoms with Gasteiger partial charge in [0, 0.05) is 77.3 Å². The van der Waals surface area contributed by atoms with Crippen LogP contribution in [0.5, 0.6) is 0 Å². The molecule has 0 bridgehead atoms. The zero-order chi connectivity index (χ0) is 0. The number of hydrogen-bond donors (Lipinski definition) is 0. The number of hydrogen-bond acceptors (Lipinski definition) is 0. The first-order valence-electron chi connectivity index (χ1n) is 0. The molecule has 0 saturated carbocycles. The molecule has 0 fully saturated rings. The molecule has 4 heavy (non-hydrogen) atoms. The van der Waals surface area contributed by atoms with E-state index in [1.54, 1.807) is 0 Å². The van der Waals surface area contributed by atoms with Crippen LogP contribution >= 0.6 is 0 Å². The zero-order valence-electron chi connectivity index (χ0n) is 1.33. The third-order valence-electron chi connectivity index (χ3n) is 0. The molecule has 0 aliphatic rings. The van der Waals surface area contributed by atoms with Crippen LogP contribution in [0, 0.1) is 0 Å². The summed E-state index contributed by atoms with van der Waals surface area (Å²) in [6, 6.07) is 0. The molecule has 0 N–H and O–H groups in total. The molecule has 3 radical (unpaired) electrons. The van der Waals surface area contributed by atoms with Gasteiger partial charge in [-0.1, -0.05) is 0 Å². The van der Waals surface area contributed by atoms with Crippen molar-refractivity contribution in [1.82, 2.24) is 0 Å². The van der Waals surface area contributed by atoms with Gasteiger partial charge in [0.15, 0.2) is 0 Å². The molecule has 0 aliphatic heterocycles. The van der Waals surface area contributed by atoms with E-state index >= 15 is 0 Å². The van der Waals surface area contributed by atoms with Crippen molar-refractivity contribution in [3.05, 3.63) is 0 Å². The summed E-state index contributed by atoms with van der Waals surface area (Å²) in [5.41, 5.74) is 0. The van der Waals surface area contributed by atoms with Gasteiger partial charge in [-0.15, -0.1) is 0 Å². The first-order valence-corrected chi connectivity index (χ1v) is 0. The summed E-state index contributed by atoms with van der Waals surface area (Å²) in [7, 11) is 0. The van der Waals surface area contributed by atoms with Crippen LogP contribution in [0.2, 0.25) is 0 Å². The summed E-state index contributed by atoms with van der Waals surface area (Å²) in [5, 5.41) is 0. The average molecular weight is 506 g/mol. The predicted octanol–water partition coefficient (Wildman–Crippen LogP) is -0.0100. The minimum atomic E-state index is 0. The minimum absolute atomic E-state index is 0. The average Bonchev–Trinajstić information content (AvgIpc) is 0. The van der Waals surface area contributed by atoms with Gasteiger partial charge in [-0.25, -0.2) is 0 Å². The summed E-state index contributed by atoms with van der Waals surface area (Å²) in [5.74, 6) is 0. The van der Waals surface area contributed by atoms with E-state index in [1.165, 1.54) is 0 Å². The van der Waals surface area contributed by atoms with Gasteiger partial charge in [-0.2, -0.15) is 0 Å². The van der Waals surface area contributed by atoms with E-state index in [4.69, 9.17) is 0 Å². The van der Waals surface area contributed by atoms with Gasteiger partial charge in [0.1, 0.15) is 0 Å². The van der Waals surface area contributed by atoms with E-state index in [-0.39, 0.29) is 77.3 Å². The van der Waals surface area contributed by atoms with Crippen LogP contribution in [0.3, 0.4) is 0 Å². The Morgan fingerprint density at radius 3 is 1.00 bits per heavy atom. The molecule has 0 aromatic carbocycles. The molecule has 0 spiro atoms. The van der Waals surface area contributed by atoms with Crippen molar-refractivity contribution in [2.45, 2.75) is 0 Å². The van der Waals surface area contributed by atoms with E-state index in [9.17, 15) is 0 Å². The fraction of sp³-hybridized carbons (Fsp3) is 0. The summed E-state index contributed by atoms with van der Waals surface area (Å²) in [6.45, 7) is 0. The molecule has 0 saturated heterocycles. The van der Waals surface area contributed by atoms with Crippen molar-refractivity contribution in [3.63, 3.8) is 0 Å². The molecule has 0 aromatic heterocycles. The van der Waals surface area contributed by atoms with E-state index in [0.717, 1.165) is 0 Å². The Hall–Kier alpha value is 2.45. The Morgan fingerprint density at radius 1 is 1.00 bits per heavy atom. The van der Waals surface area contributed by atoms with Crippen LogP contribution < -0.4 is 0 Å². The summed E-state index contributed by atoms with van der Waals surface area (Å²) in [4.78, 5) is 0. The Balaban J connectivity index is 0.